The number of benzene rings is 2. The van der Waals surface area contributed by atoms with Gasteiger partial charge in [-0.15, -0.1) is 0 Å². The number of carbonyl (C=O) groups excluding carboxylic acids is 1. The fourth-order valence-corrected chi connectivity index (χ4v) is 3.14. The van der Waals surface area contributed by atoms with E-state index in [1.54, 1.807) is 26.2 Å². The van der Waals surface area contributed by atoms with Gasteiger partial charge < -0.3 is 10.0 Å². The lowest BCUT2D eigenvalue weighted by Gasteiger charge is -2.11. The molecule has 2 aromatic carbocycles. The van der Waals surface area contributed by atoms with Crippen molar-refractivity contribution in [1.29, 1.82) is 0 Å². The molecule has 1 amide bonds. The van der Waals surface area contributed by atoms with Gasteiger partial charge in [0.25, 0.3) is 15.9 Å². The van der Waals surface area contributed by atoms with Crippen LogP contribution in [-0.4, -0.2) is 44.4 Å². The Morgan fingerprint density at radius 3 is 2.08 bits per heavy atom. The standard InChI is InChI=1S/C18H18N2O5S/c1-20(2)18(23)14-6-8-15(9-7-14)19-26(24,25)16-10-3-13(4-11-16)5-12-17(21)22/h3-12,19H,1-2H3,(H,21,22)/b12-5+. The predicted molar refractivity (Wildman–Crippen MR) is 98.4 cm³/mol. The lowest BCUT2D eigenvalue weighted by atomic mass is 10.2. The van der Waals surface area contributed by atoms with Crippen LogP contribution < -0.4 is 4.72 Å². The van der Waals surface area contributed by atoms with Gasteiger partial charge in [0.2, 0.25) is 0 Å². The second-order valence-corrected chi connectivity index (χ2v) is 7.31. The molecule has 0 spiro atoms. The molecule has 0 atom stereocenters. The van der Waals surface area contributed by atoms with E-state index in [-0.39, 0.29) is 10.8 Å². The minimum Gasteiger partial charge on any atom is -0.478 e. The molecule has 2 N–H and O–H groups in total. The molecule has 0 unspecified atom stereocenters. The van der Waals surface area contributed by atoms with Gasteiger partial charge in [-0.3, -0.25) is 9.52 Å². The molecule has 8 heteroatoms. The number of anilines is 1. The van der Waals surface area contributed by atoms with Crippen LogP contribution in [0.15, 0.2) is 59.5 Å². The van der Waals surface area contributed by atoms with Crippen LogP contribution >= 0.6 is 0 Å². The fourth-order valence-electron chi connectivity index (χ4n) is 2.08. The normalized spacial score (nSPS) is 11.3. The molecular weight excluding hydrogens is 356 g/mol. The van der Waals surface area contributed by atoms with Crippen molar-refractivity contribution in [3.05, 3.63) is 65.7 Å². The first-order chi connectivity index (χ1) is 12.2. The van der Waals surface area contributed by atoms with Gasteiger partial charge in [-0.05, 0) is 48.0 Å². The molecule has 0 saturated carbocycles. The van der Waals surface area contributed by atoms with E-state index in [1.165, 1.54) is 47.4 Å². The zero-order valence-corrected chi connectivity index (χ0v) is 15.0. The van der Waals surface area contributed by atoms with Gasteiger partial charge in [-0.1, -0.05) is 12.1 Å². The second kappa shape index (κ2) is 7.83. The Labute approximate surface area is 151 Å². The molecule has 2 aromatic rings. The Hall–Kier alpha value is -3.13. The Morgan fingerprint density at radius 2 is 1.58 bits per heavy atom. The van der Waals surface area contributed by atoms with Crippen molar-refractivity contribution >= 4 is 33.7 Å². The van der Waals surface area contributed by atoms with Crippen LogP contribution in [0.5, 0.6) is 0 Å². The van der Waals surface area contributed by atoms with Crippen molar-refractivity contribution in [3.8, 4) is 0 Å². The largest absolute Gasteiger partial charge is 0.478 e. The Kier molecular flexibility index (Phi) is 5.78. The van der Waals surface area contributed by atoms with Crippen molar-refractivity contribution < 1.29 is 23.1 Å². The number of carboxylic acid groups (broad SMARTS) is 1. The molecule has 0 fully saturated rings. The van der Waals surface area contributed by atoms with Gasteiger partial charge in [0.15, 0.2) is 0 Å². The van der Waals surface area contributed by atoms with Crippen LogP contribution in [0.3, 0.4) is 0 Å². The third kappa shape index (κ3) is 4.93. The maximum Gasteiger partial charge on any atom is 0.328 e. The number of sulfonamides is 1. The number of hydrogen-bond donors (Lipinski definition) is 2. The summed E-state index contributed by atoms with van der Waals surface area (Å²) in [6.07, 6.45) is 2.34. The Balaban J connectivity index is 2.15. The highest BCUT2D eigenvalue weighted by molar-refractivity contribution is 7.92. The molecule has 0 aliphatic rings. The highest BCUT2D eigenvalue weighted by Gasteiger charge is 2.14. The number of nitrogens with zero attached hydrogens (tertiary/aromatic N) is 1. The number of carbonyl (C=O) groups is 2. The summed E-state index contributed by atoms with van der Waals surface area (Å²) in [5.41, 5.74) is 1.35. The average molecular weight is 374 g/mol. The first-order valence-electron chi connectivity index (χ1n) is 7.54. The minimum absolute atomic E-state index is 0.0402. The molecule has 7 nitrogen and oxygen atoms in total. The summed E-state index contributed by atoms with van der Waals surface area (Å²) in [5.74, 6) is -1.26. The van der Waals surface area contributed by atoms with Crippen molar-refractivity contribution in [2.45, 2.75) is 4.90 Å². The van der Waals surface area contributed by atoms with Crippen molar-refractivity contribution in [2.24, 2.45) is 0 Å². The summed E-state index contributed by atoms with van der Waals surface area (Å²) in [4.78, 5) is 23.8. The molecule has 0 heterocycles. The molecule has 0 aromatic heterocycles. The first kappa shape index (κ1) is 19.2. The van der Waals surface area contributed by atoms with Gasteiger partial charge in [0.1, 0.15) is 0 Å². The SMILES string of the molecule is CN(C)C(=O)c1ccc(NS(=O)(=O)c2ccc(/C=C/C(=O)O)cc2)cc1. The van der Waals surface area contributed by atoms with Crippen molar-refractivity contribution in [3.63, 3.8) is 0 Å². The van der Waals surface area contributed by atoms with E-state index >= 15 is 0 Å². The van der Waals surface area contributed by atoms with Crippen LogP contribution in [0, 0.1) is 0 Å². The van der Waals surface area contributed by atoms with E-state index in [1.807, 2.05) is 0 Å². The molecule has 0 saturated heterocycles. The topological polar surface area (TPSA) is 104 Å². The van der Waals surface area contributed by atoms with E-state index < -0.39 is 16.0 Å². The number of amides is 1. The number of carboxylic acids is 1. The summed E-state index contributed by atoms with van der Waals surface area (Å²) in [5, 5.41) is 8.59. The van der Waals surface area contributed by atoms with Crippen molar-refractivity contribution in [1.82, 2.24) is 4.90 Å². The summed E-state index contributed by atoms with van der Waals surface area (Å²) in [6, 6.07) is 11.9. The van der Waals surface area contributed by atoms with Crippen LogP contribution in [0.25, 0.3) is 6.08 Å². The predicted octanol–water partition coefficient (Wildman–Crippen LogP) is 2.29. The number of rotatable bonds is 6. The fraction of sp³-hybridized carbons (Fsp3) is 0.111. The monoisotopic (exact) mass is 374 g/mol. The third-order valence-corrected chi connectivity index (χ3v) is 4.80. The van der Waals surface area contributed by atoms with Gasteiger partial charge in [0.05, 0.1) is 4.90 Å². The molecule has 0 bridgehead atoms. The first-order valence-corrected chi connectivity index (χ1v) is 9.03. The quantitative estimate of drug-likeness (QED) is 0.755. The van der Waals surface area contributed by atoms with E-state index in [2.05, 4.69) is 4.72 Å². The van der Waals surface area contributed by atoms with Crippen LogP contribution in [0.2, 0.25) is 0 Å². The number of hydrogen-bond acceptors (Lipinski definition) is 4. The highest BCUT2D eigenvalue weighted by Crippen LogP contribution is 2.18. The third-order valence-electron chi connectivity index (χ3n) is 3.40. The summed E-state index contributed by atoms with van der Waals surface area (Å²) < 4.78 is 27.2. The molecule has 26 heavy (non-hydrogen) atoms. The van der Waals surface area contributed by atoms with Gasteiger partial charge in [-0.25, -0.2) is 13.2 Å². The zero-order chi connectivity index (χ0) is 19.3. The Morgan fingerprint density at radius 1 is 1.00 bits per heavy atom. The van der Waals surface area contributed by atoms with E-state index in [9.17, 15) is 18.0 Å². The van der Waals surface area contributed by atoms with Gasteiger partial charge >= 0.3 is 5.97 Å². The smallest absolute Gasteiger partial charge is 0.328 e. The highest BCUT2D eigenvalue weighted by atomic mass is 32.2. The maximum atomic E-state index is 12.4. The van der Waals surface area contributed by atoms with E-state index in [0.29, 0.717) is 16.8 Å². The maximum absolute atomic E-state index is 12.4. The van der Waals surface area contributed by atoms with Crippen LogP contribution in [-0.2, 0) is 14.8 Å². The molecule has 0 radical (unpaired) electrons. The van der Waals surface area contributed by atoms with E-state index in [4.69, 9.17) is 5.11 Å². The summed E-state index contributed by atoms with van der Waals surface area (Å²) >= 11 is 0. The molecule has 0 aliphatic carbocycles. The second-order valence-electron chi connectivity index (χ2n) is 5.62. The van der Waals surface area contributed by atoms with Crippen LogP contribution in [0.1, 0.15) is 15.9 Å². The van der Waals surface area contributed by atoms with E-state index in [0.717, 1.165) is 6.08 Å². The number of nitrogens with one attached hydrogen (secondary N) is 1. The average Bonchev–Trinajstić information content (AvgIpc) is 2.60. The minimum atomic E-state index is -3.80. The lowest BCUT2D eigenvalue weighted by molar-refractivity contribution is -0.131. The van der Waals surface area contributed by atoms with Gasteiger partial charge in [0, 0.05) is 31.4 Å². The van der Waals surface area contributed by atoms with Gasteiger partial charge in [-0.2, -0.15) is 0 Å². The molecule has 2 rings (SSSR count). The zero-order valence-electron chi connectivity index (χ0n) is 14.2. The summed E-state index contributed by atoms with van der Waals surface area (Å²) in [7, 11) is -0.530. The Bertz CT molecular complexity index is 931. The lowest BCUT2D eigenvalue weighted by Crippen LogP contribution is -2.21. The number of aliphatic carboxylic acids is 1. The molecular formula is C18H18N2O5S. The van der Waals surface area contributed by atoms with Crippen LogP contribution in [0.4, 0.5) is 5.69 Å². The summed E-state index contributed by atoms with van der Waals surface area (Å²) in [6.45, 7) is 0. The van der Waals surface area contributed by atoms with Crippen molar-refractivity contribution in [2.75, 3.05) is 18.8 Å². The molecule has 136 valence electrons. The molecule has 0 aliphatic heterocycles.